The second-order valence-electron chi connectivity index (χ2n) is 7.39. The van der Waals surface area contributed by atoms with Crippen LogP contribution in [0.5, 0.6) is 0 Å². The molecule has 0 fully saturated rings. The topological polar surface area (TPSA) is 9.23 Å². The molecule has 0 saturated heterocycles. The maximum atomic E-state index is 5.56. The number of rotatable bonds is 9. The average molecular weight is 290 g/mol. The molecule has 0 aromatic heterocycles. The summed E-state index contributed by atoms with van der Waals surface area (Å²) >= 11 is 0. The van der Waals surface area contributed by atoms with Crippen LogP contribution in [0, 0.1) is 0 Å². The Bertz CT molecular complexity index is 387. The average Bonchev–Trinajstić information content (AvgIpc) is 2.41. The number of benzene rings is 1. The van der Waals surface area contributed by atoms with Gasteiger partial charge in [0.05, 0.1) is 6.10 Å². The van der Waals surface area contributed by atoms with Gasteiger partial charge in [0.15, 0.2) is 0 Å². The van der Waals surface area contributed by atoms with E-state index in [0.717, 1.165) is 6.61 Å². The summed E-state index contributed by atoms with van der Waals surface area (Å²) in [5.41, 5.74) is 3.20. The monoisotopic (exact) mass is 290 g/mol. The largest absolute Gasteiger partial charge is 0.379 e. The lowest BCUT2D eigenvalue weighted by molar-refractivity contribution is 0.0757. The van der Waals surface area contributed by atoms with Crippen molar-refractivity contribution in [3.05, 3.63) is 35.4 Å². The van der Waals surface area contributed by atoms with Gasteiger partial charge < -0.3 is 4.74 Å². The summed E-state index contributed by atoms with van der Waals surface area (Å²) in [4.78, 5) is 0. The first-order chi connectivity index (χ1) is 9.89. The summed E-state index contributed by atoms with van der Waals surface area (Å²) < 4.78 is 5.56. The van der Waals surface area contributed by atoms with Gasteiger partial charge in [-0.3, -0.25) is 0 Å². The van der Waals surface area contributed by atoms with Crippen molar-refractivity contribution in [2.45, 2.75) is 84.7 Å². The van der Waals surface area contributed by atoms with Crippen LogP contribution in [-0.4, -0.2) is 12.7 Å². The van der Waals surface area contributed by atoms with Gasteiger partial charge in [0.2, 0.25) is 0 Å². The number of hydrogen-bond acceptors (Lipinski definition) is 1. The quantitative estimate of drug-likeness (QED) is 0.514. The highest BCUT2D eigenvalue weighted by atomic mass is 16.5. The maximum absolute atomic E-state index is 5.56. The minimum absolute atomic E-state index is 0.256. The molecule has 0 aliphatic carbocycles. The lowest BCUT2D eigenvalue weighted by Gasteiger charge is -2.19. The normalized spacial score (nSPS) is 12.1. The van der Waals surface area contributed by atoms with Crippen LogP contribution in [-0.2, 0) is 16.6 Å². The smallest absolute Gasteiger partial charge is 0.0518 e. The number of ether oxygens (including phenoxy) is 1. The van der Waals surface area contributed by atoms with E-state index in [0.29, 0.717) is 6.10 Å². The Kier molecular flexibility index (Phi) is 8.03. The Morgan fingerprint density at radius 3 is 2.29 bits per heavy atom. The molecule has 120 valence electrons. The highest BCUT2D eigenvalue weighted by Gasteiger charge is 2.13. The van der Waals surface area contributed by atoms with Crippen LogP contribution in [0.1, 0.15) is 77.8 Å². The van der Waals surface area contributed by atoms with Gasteiger partial charge in [-0.05, 0) is 49.7 Å². The Balaban J connectivity index is 2.16. The third kappa shape index (κ3) is 8.26. The van der Waals surface area contributed by atoms with Crippen molar-refractivity contribution < 1.29 is 4.74 Å². The molecule has 0 amide bonds. The number of unbranched alkanes of at least 4 members (excludes halogenated alkanes) is 4. The summed E-state index contributed by atoms with van der Waals surface area (Å²) in [5.74, 6) is 0. The highest BCUT2D eigenvalue weighted by Crippen LogP contribution is 2.23. The van der Waals surface area contributed by atoms with Gasteiger partial charge in [-0.15, -0.1) is 0 Å². The zero-order chi connectivity index (χ0) is 15.7. The van der Waals surface area contributed by atoms with E-state index in [1.54, 1.807) is 0 Å². The van der Waals surface area contributed by atoms with Crippen molar-refractivity contribution in [2.75, 3.05) is 6.61 Å². The number of aryl methyl sites for hydroxylation is 1. The van der Waals surface area contributed by atoms with Crippen molar-refractivity contribution in [3.63, 3.8) is 0 Å². The molecule has 0 aliphatic rings. The first-order valence-corrected chi connectivity index (χ1v) is 8.60. The molecule has 0 heterocycles. The van der Waals surface area contributed by atoms with Crippen molar-refractivity contribution in [2.24, 2.45) is 0 Å². The van der Waals surface area contributed by atoms with Crippen LogP contribution in [0.15, 0.2) is 24.3 Å². The van der Waals surface area contributed by atoms with E-state index in [9.17, 15) is 0 Å². The molecule has 0 bridgehead atoms. The Morgan fingerprint density at radius 2 is 1.62 bits per heavy atom. The van der Waals surface area contributed by atoms with Gasteiger partial charge in [-0.25, -0.2) is 0 Å². The molecule has 0 atom stereocenters. The molecular formula is C20H34O. The lowest BCUT2D eigenvalue weighted by Crippen LogP contribution is -2.11. The van der Waals surface area contributed by atoms with Crippen molar-refractivity contribution in [3.8, 4) is 0 Å². The Hall–Kier alpha value is -0.820. The molecule has 0 unspecified atom stereocenters. The van der Waals surface area contributed by atoms with E-state index >= 15 is 0 Å². The van der Waals surface area contributed by atoms with Crippen LogP contribution in [0.25, 0.3) is 0 Å². The Morgan fingerprint density at radius 1 is 0.952 bits per heavy atom. The molecule has 1 rings (SSSR count). The maximum Gasteiger partial charge on any atom is 0.0518 e. The molecule has 1 aromatic rings. The second-order valence-corrected chi connectivity index (χ2v) is 7.39. The predicted molar refractivity (Wildman–Crippen MR) is 93.0 cm³/mol. The standard InChI is InChI=1S/C20H34O/c1-17(2)21-15-10-8-6-7-9-12-18-13-11-14-19(16-18)20(3,4)5/h11,13-14,16-17H,6-10,12,15H2,1-5H3. The van der Waals surface area contributed by atoms with Crippen LogP contribution < -0.4 is 0 Å². The van der Waals surface area contributed by atoms with Crippen LogP contribution >= 0.6 is 0 Å². The van der Waals surface area contributed by atoms with E-state index < -0.39 is 0 Å². The fourth-order valence-electron chi connectivity index (χ4n) is 2.47. The molecule has 0 aliphatic heterocycles. The van der Waals surface area contributed by atoms with Crippen molar-refractivity contribution in [1.29, 1.82) is 0 Å². The minimum atomic E-state index is 0.256. The van der Waals surface area contributed by atoms with E-state index in [2.05, 4.69) is 58.9 Å². The van der Waals surface area contributed by atoms with E-state index in [-0.39, 0.29) is 5.41 Å². The van der Waals surface area contributed by atoms with Gasteiger partial charge in [-0.2, -0.15) is 0 Å². The molecule has 0 spiro atoms. The molecule has 0 saturated carbocycles. The summed E-state index contributed by atoms with van der Waals surface area (Å²) in [5, 5.41) is 0. The molecule has 0 N–H and O–H groups in total. The Labute approximate surface area is 132 Å². The zero-order valence-corrected chi connectivity index (χ0v) is 14.7. The van der Waals surface area contributed by atoms with Crippen LogP contribution in [0.2, 0.25) is 0 Å². The molecule has 21 heavy (non-hydrogen) atoms. The van der Waals surface area contributed by atoms with Gasteiger partial charge in [0.1, 0.15) is 0 Å². The molecule has 1 nitrogen and oxygen atoms in total. The predicted octanol–water partition coefficient (Wildman–Crippen LogP) is 5.90. The highest BCUT2D eigenvalue weighted by molar-refractivity contribution is 5.28. The summed E-state index contributed by atoms with van der Waals surface area (Å²) in [7, 11) is 0. The van der Waals surface area contributed by atoms with Crippen molar-refractivity contribution >= 4 is 0 Å². The third-order valence-corrected chi connectivity index (χ3v) is 3.85. The van der Waals surface area contributed by atoms with Crippen LogP contribution in [0.4, 0.5) is 0 Å². The van der Waals surface area contributed by atoms with Gasteiger partial charge in [0.25, 0.3) is 0 Å². The van der Waals surface area contributed by atoms with Gasteiger partial charge in [0, 0.05) is 6.61 Å². The second kappa shape index (κ2) is 9.25. The zero-order valence-electron chi connectivity index (χ0n) is 14.7. The fraction of sp³-hybridized carbons (Fsp3) is 0.700. The number of hydrogen-bond donors (Lipinski definition) is 0. The van der Waals surface area contributed by atoms with Gasteiger partial charge in [-0.1, -0.05) is 64.3 Å². The molecular weight excluding hydrogens is 256 g/mol. The summed E-state index contributed by atoms with van der Waals surface area (Å²) in [6, 6.07) is 9.11. The lowest BCUT2D eigenvalue weighted by atomic mass is 9.86. The van der Waals surface area contributed by atoms with Gasteiger partial charge >= 0.3 is 0 Å². The fourth-order valence-corrected chi connectivity index (χ4v) is 2.47. The summed E-state index contributed by atoms with van der Waals surface area (Å²) in [6.45, 7) is 12.0. The minimum Gasteiger partial charge on any atom is -0.379 e. The summed E-state index contributed by atoms with van der Waals surface area (Å²) in [6.07, 6.45) is 8.07. The molecule has 0 radical (unpaired) electrons. The first-order valence-electron chi connectivity index (χ1n) is 8.60. The SMILES string of the molecule is CC(C)OCCCCCCCc1cccc(C(C)(C)C)c1. The van der Waals surface area contributed by atoms with E-state index in [4.69, 9.17) is 4.74 Å². The van der Waals surface area contributed by atoms with E-state index in [1.807, 2.05) is 0 Å². The molecule has 1 heteroatoms. The van der Waals surface area contributed by atoms with Crippen LogP contribution in [0.3, 0.4) is 0 Å². The third-order valence-electron chi connectivity index (χ3n) is 3.85. The first kappa shape index (κ1) is 18.2. The van der Waals surface area contributed by atoms with E-state index in [1.165, 1.54) is 49.7 Å². The van der Waals surface area contributed by atoms with Crippen molar-refractivity contribution in [1.82, 2.24) is 0 Å². The molecule has 1 aromatic carbocycles.